The standard InChI is InChI=1S/C24H32N4O2/c1-19(2)26-22(29)17-25-23(30)18-27-13-15-28(16-14-27)24(20-9-5-3-6-10-20)21-11-7-4-8-12-21/h3-12,19,24H,13-18H2,1-2H3,(H,25,30)(H,26,29). The summed E-state index contributed by atoms with van der Waals surface area (Å²) in [5, 5.41) is 5.49. The molecule has 0 aromatic heterocycles. The van der Waals surface area contributed by atoms with Gasteiger partial charge in [-0.3, -0.25) is 19.4 Å². The molecule has 30 heavy (non-hydrogen) atoms. The lowest BCUT2D eigenvalue weighted by Crippen LogP contribution is -2.51. The van der Waals surface area contributed by atoms with Crippen molar-refractivity contribution in [1.29, 1.82) is 0 Å². The Hall–Kier alpha value is -2.70. The first kappa shape index (κ1) is 22.0. The largest absolute Gasteiger partial charge is 0.352 e. The molecule has 3 rings (SSSR count). The fourth-order valence-electron chi connectivity index (χ4n) is 3.88. The van der Waals surface area contributed by atoms with E-state index in [1.54, 1.807) is 0 Å². The number of nitrogens with one attached hydrogen (secondary N) is 2. The fraction of sp³-hybridized carbons (Fsp3) is 0.417. The molecule has 0 unspecified atom stereocenters. The van der Waals surface area contributed by atoms with Crippen molar-refractivity contribution in [2.75, 3.05) is 39.3 Å². The van der Waals surface area contributed by atoms with E-state index in [4.69, 9.17) is 0 Å². The van der Waals surface area contributed by atoms with Crippen LogP contribution in [0.4, 0.5) is 0 Å². The van der Waals surface area contributed by atoms with Crippen molar-refractivity contribution in [3.8, 4) is 0 Å². The molecule has 1 saturated heterocycles. The number of piperazine rings is 1. The van der Waals surface area contributed by atoms with Gasteiger partial charge in [0.1, 0.15) is 0 Å². The molecule has 6 nitrogen and oxygen atoms in total. The fourth-order valence-corrected chi connectivity index (χ4v) is 3.88. The Bertz CT molecular complexity index is 763. The average Bonchev–Trinajstić information content (AvgIpc) is 2.75. The Labute approximate surface area is 179 Å². The SMILES string of the molecule is CC(C)NC(=O)CNC(=O)CN1CCN(C(c2ccccc2)c2ccccc2)CC1. The van der Waals surface area contributed by atoms with Gasteiger partial charge in [-0.05, 0) is 25.0 Å². The van der Waals surface area contributed by atoms with Crippen molar-refractivity contribution in [1.82, 2.24) is 20.4 Å². The number of benzene rings is 2. The number of carbonyl (C=O) groups excluding carboxylic acids is 2. The van der Waals surface area contributed by atoms with Crippen LogP contribution in [0.15, 0.2) is 60.7 Å². The molecule has 0 spiro atoms. The molecule has 0 radical (unpaired) electrons. The van der Waals surface area contributed by atoms with Gasteiger partial charge in [-0.25, -0.2) is 0 Å². The highest BCUT2D eigenvalue weighted by atomic mass is 16.2. The first-order chi connectivity index (χ1) is 14.5. The lowest BCUT2D eigenvalue weighted by molar-refractivity contribution is -0.127. The highest BCUT2D eigenvalue weighted by molar-refractivity contribution is 5.85. The van der Waals surface area contributed by atoms with Gasteiger partial charge < -0.3 is 10.6 Å². The molecule has 160 valence electrons. The number of rotatable bonds is 8. The predicted octanol–water partition coefficient (Wildman–Crippen LogP) is 2.03. The summed E-state index contributed by atoms with van der Waals surface area (Å²) in [5.74, 6) is -0.262. The molecular weight excluding hydrogens is 376 g/mol. The van der Waals surface area contributed by atoms with Crippen LogP contribution in [-0.2, 0) is 9.59 Å². The summed E-state index contributed by atoms with van der Waals surface area (Å²) in [6.07, 6.45) is 0. The van der Waals surface area contributed by atoms with Crippen LogP contribution in [0.25, 0.3) is 0 Å². The molecule has 0 aliphatic carbocycles. The second-order valence-corrected chi connectivity index (χ2v) is 8.03. The van der Waals surface area contributed by atoms with E-state index in [2.05, 4.69) is 69.0 Å². The topological polar surface area (TPSA) is 64.7 Å². The number of hydrogen-bond donors (Lipinski definition) is 2. The van der Waals surface area contributed by atoms with E-state index in [9.17, 15) is 9.59 Å². The van der Waals surface area contributed by atoms with E-state index in [0.29, 0.717) is 6.54 Å². The van der Waals surface area contributed by atoms with Crippen molar-refractivity contribution in [2.24, 2.45) is 0 Å². The molecule has 2 aromatic rings. The van der Waals surface area contributed by atoms with E-state index in [-0.39, 0.29) is 30.4 Å². The lowest BCUT2D eigenvalue weighted by atomic mass is 9.96. The van der Waals surface area contributed by atoms with Gasteiger partial charge in [-0.2, -0.15) is 0 Å². The van der Waals surface area contributed by atoms with Crippen molar-refractivity contribution in [3.05, 3.63) is 71.8 Å². The third-order valence-corrected chi connectivity index (χ3v) is 5.27. The summed E-state index contributed by atoms with van der Waals surface area (Å²) in [4.78, 5) is 28.5. The Morgan fingerprint density at radius 1 is 0.833 bits per heavy atom. The summed E-state index contributed by atoms with van der Waals surface area (Å²) in [7, 11) is 0. The summed E-state index contributed by atoms with van der Waals surface area (Å²) in [5.41, 5.74) is 2.57. The molecule has 2 amide bonds. The normalized spacial score (nSPS) is 15.3. The van der Waals surface area contributed by atoms with Gasteiger partial charge in [0, 0.05) is 32.2 Å². The zero-order valence-electron chi connectivity index (χ0n) is 17.9. The summed E-state index contributed by atoms with van der Waals surface area (Å²) in [6, 6.07) is 21.4. The maximum Gasteiger partial charge on any atom is 0.239 e. The van der Waals surface area contributed by atoms with Crippen LogP contribution in [0.5, 0.6) is 0 Å². The maximum absolute atomic E-state index is 12.2. The van der Waals surface area contributed by atoms with E-state index in [1.165, 1.54) is 11.1 Å². The van der Waals surface area contributed by atoms with Crippen molar-refractivity contribution in [3.63, 3.8) is 0 Å². The molecular formula is C24H32N4O2. The minimum Gasteiger partial charge on any atom is -0.352 e. The highest BCUT2D eigenvalue weighted by Gasteiger charge is 2.27. The van der Waals surface area contributed by atoms with Gasteiger partial charge in [0.25, 0.3) is 0 Å². The van der Waals surface area contributed by atoms with Crippen LogP contribution in [0.3, 0.4) is 0 Å². The van der Waals surface area contributed by atoms with Crippen LogP contribution in [-0.4, -0.2) is 66.9 Å². The summed E-state index contributed by atoms with van der Waals surface area (Å²) < 4.78 is 0. The number of hydrogen-bond acceptors (Lipinski definition) is 4. The van der Waals surface area contributed by atoms with Gasteiger partial charge in [0.05, 0.1) is 19.1 Å². The van der Waals surface area contributed by atoms with Gasteiger partial charge >= 0.3 is 0 Å². The Morgan fingerprint density at radius 2 is 1.37 bits per heavy atom. The lowest BCUT2D eigenvalue weighted by Gasteiger charge is -2.39. The van der Waals surface area contributed by atoms with Gasteiger partial charge in [-0.1, -0.05) is 60.7 Å². The molecule has 6 heteroatoms. The van der Waals surface area contributed by atoms with E-state index >= 15 is 0 Å². The highest BCUT2D eigenvalue weighted by Crippen LogP contribution is 2.29. The summed E-state index contributed by atoms with van der Waals surface area (Å²) in [6.45, 7) is 7.56. The molecule has 0 saturated carbocycles. The molecule has 1 aliphatic rings. The quantitative estimate of drug-likeness (QED) is 0.702. The molecule has 2 aromatic carbocycles. The second-order valence-electron chi connectivity index (χ2n) is 8.03. The Kier molecular flexibility index (Phi) is 7.99. The second kappa shape index (κ2) is 10.9. The van der Waals surface area contributed by atoms with Crippen molar-refractivity contribution in [2.45, 2.75) is 25.9 Å². The van der Waals surface area contributed by atoms with Gasteiger partial charge in [0.15, 0.2) is 0 Å². The first-order valence-corrected chi connectivity index (χ1v) is 10.7. The number of carbonyl (C=O) groups is 2. The molecule has 1 heterocycles. The average molecular weight is 409 g/mol. The minimum absolute atomic E-state index is 0.0288. The van der Waals surface area contributed by atoms with Crippen LogP contribution in [0, 0.1) is 0 Å². The van der Waals surface area contributed by atoms with E-state index in [1.807, 2.05) is 26.0 Å². The smallest absolute Gasteiger partial charge is 0.239 e. The van der Waals surface area contributed by atoms with Crippen LogP contribution < -0.4 is 10.6 Å². The maximum atomic E-state index is 12.2. The number of nitrogens with zero attached hydrogens (tertiary/aromatic N) is 2. The molecule has 0 bridgehead atoms. The first-order valence-electron chi connectivity index (χ1n) is 10.7. The van der Waals surface area contributed by atoms with Crippen molar-refractivity contribution >= 4 is 11.8 Å². The van der Waals surface area contributed by atoms with Gasteiger partial charge in [-0.15, -0.1) is 0 Å². The zero-order valence-corrected chi connectivity index (χ0v) is 17.9. The number of amides is 2. The van der Waals surface area contributed by atoms with Crippen molar-refractivity contribution < 1.29 is 9.59 Å². The minimum atomic E-state index is -0.156. The van der Waals surface area contributed by atoms with Crippen LogP contribution >= 0.6 is 0 Å². The Morgan fingerprint density at radius 3 is 1.87 bits per heavy atom. The predicted molar refractivity (Wildman–Crippen MR) is 119 cm³/mol. The van der Waals surface area contributed by atoms with E-state index < -0.39 is 0 Å². The molecule has 1 aliphatic heterocycles. The molecule has 0 atom stereocenters. The monoisotopic (exact) mass is 408 g/mol. The van der Waals surface area contributed by atoms with Gasteiger partial charge in [0.2, 0.25) is 11.8 Å². The van der Waals surface area contributed by atoms with Crippen LogP contribution in [0.2, 0.25) is 0 Å². The third kappa shape index (κ3) is 6.40. The summed E-state index contributed by atoms with van der Waals surface area (Å²) >= 11 is 0. The third-order valence-electron chi connectivity index (χ3n) is 5.27. The zero-order chi connectivity index (χ0) is 21.3. The van der Waals surface area contributed by atoms with E-state index in [0.717, 1.165) is 26.2 Å². The Balaban J connectivity index is 1.54. The van der Waals surface area contributed by atoms with Crippen LogP contribution in [0.1, 0.15) is 31.0 Å². The molecule has 1 fully saturated rings. The molecule has 2 N–H and O–H groups in total.